The number of nitrogens with one attached hydrogen (secondary N) is 1. The van der Waals surface area contributed by atoms with Gasteiger partial charge in [0.2, 0.25) is 0 Å². The lowest BCUT2D eigenvalue weighted by molar-refractivity contribution is -0.383. The van der Waals surface area contributed by atoms with E-state index in [1.165, 1.54) is 31.4 Å². The maximum atomic E-state index is 12.3. The highest BCUT2D eigenvalue weighted by Gasteiger charge is 2.18. The van der Waals surface area contributed by atoms with Crippen LogP contribution in [0.2, 0.25) is 0 Å². The van der Waals surface area contributed by atoms with Gasteiger partial charge in [0.15, 0.2) is 18.1 Å². The van der Waals surface area contributed by atoms with Crippen molar-refractivity contribution in [3.63, 3.8) is 0 Å². The number of rotatable bonds is 8. The summed E-state index contributed by atoms with van der Waals surface area (Å²) < 4.78 is 38.5. The Hall–Kier alpha value is -3.76. The molecule has 1 amide bonds. The molecule has 148 valence electrons. The summed E-state index contributed by atoms with van der Waals surface area (Å²) in [7, 11) is 1.20. The summed E-state index contributed by atoms with van der Waals surface area (Å²) in [6, 6.07) is 8.81. The molecule has 0 aliphatic carbocycles. The molecular formula is C17H14F2N2O7. The molecule has 0 aliphatic heterocycles. The second-order valence-corrected chi connectivity index (χ2v) is 5.14. The van der Waals surface area contributed by atoms with Gasteiger partial charge in [0.1, 0.15) is 5.69 Å². The van der Waals surface area contributed by atoms with Gasteiger partial charge in [-0.05, 0) is 24.3 Å². The van der Waals surface area contributed by atoms with Gasteiger partial charge in [0.25, 0.3) is 11.6 Å². The number of carbonyl (C=O) groups is 2. The van der Waals surface area contributed by atoms with Crippen molar-refractivity contribution in [3.8, 4) is 11.5 Å². The number of nitro groups is 1. The van der Waals surface area contributed by atoms with Gasteiger partial charge in [0.05, 0.1) is 17.6 Å². The Morgan fingerprint density at radius 1 is 1.18 bits per heavy atom. The van der Waals surface area contributed by atoms with E-state index in [1.807, 2.05) is 0 Å². The molecule has 0 atom stereocenters. The van der Waals surface area contributed by atoms with Crippen molar-refractivity contribution in [2.45, 2.75) is 6.61 Å². The number of anilines is 1. The van der Waals surface area contributed by atoms with Gasteiger partial charge in [-0.15, -0.1) is 0 Å². The second kappa shape index (κ2) is 9.26. The Morgan fingerprint density at radius 2 is 1.89 bits per heavy atom. The van der Waals surface area contributed by atoms with Crippen molar-refractivity contribution < 1.29 is 37.5 Å². The monoisotopic (exact) mass is 396 g/mol. The predicted molar refractivity (Wildman–Crippen MR) is 91.6 cm³/mol. The first-order valence-corrected chi connectivity index (χ1v) is 7.65. The number of amides is 1. The number of halogens is 2. The van der Waals surface area contributed by atoms with Crippen LogP contribution in [-0.4, -0.2) is 37.1 Å². The molecule has 2 rings (SSSR count). The average molecular weight is 396 g/mol. The summed E-state index contributed by atoms with van der Waals surface area (Å²) in [6.07, 6.45) is 0. The fourth-order valence-electron chi connectivity index (χ4n) is 2.13. The number of para-hydroxylation sites is 2. The fourth-order valence-corrected chi connectivity index (χ4v) is 2.13. The first-order valence-electron chi connectivity index (χ1n) is 7.65. The molecule has 1 N–H and O–H groups in total. The number of methoxy groups -OCH3 is 1. The molecule has 11 heteroatoms. The van der Waals surface area contributed by atoms with Crippen LogP contribution in [0.15, 0.2) is 42.5 Å². The highest BCUT2D eigenvalue weighted by atomic mass is 19.3. The molecule has 28 heavy (non-hydrogen) atoms. The van der Waals surface area contributed by atoms with E-state index in [0.29, 0.717) is 0 Å². The van der Waals surface area contributed by atoms with Gasteiger partial charge in [-0.25, -0.2) is 4.79 Å². The number of alkyl halides is 2. The lowest BCUT2D eigenvalue weighted by Gasteiger charge is -2.11. The molecule has 2 aromatic rings. The summed E-state index contributed by atoms with van der Waals surface area (Å²) in [4.78, 5) is 34.1. The number of carbonyl (C=O) groups excluding carboxylic acids is 2. The summed E-state index contributed by atoms with van der Waals surface area (Å²) in [5.41, 5.74) is -0.442. The third kappa shape index (κ3) is 5.37. The molecule has 2 aromatic carbocycles. The van der Waals surface area contributed by atoms with Crippen LogP contribution in [-0.2, 0) is 9.53 Å². The molecule has 0 aromatic heterocycles. The van der Waals surface area contributed by atoms with Crippen molar-refractivity contribution in [3.05, 3.63) is 58.1 Å². The molecule has 0 aliphatic rings. The number of hydrogen-bond acceptors (Lipinski definition) is 7. The normalized spacial score (nSPS) is 10.3. The third-order valence-electron chi connectivity index (χ3n) is 3.32. The largest absolute Gasteiger partial charge is 0.493 e. The van der Waals surface area contributed by atoms with Gasteiger partial charge in [-0.2, -0.15) is 8.78 Å². The Kier molecular flexibility index (Phi) is 6.79. The number of hydrogen-bond donors (Lipinski definition) is 1. The zero-order valence-corrected chi connectivity index (χ0v) is 14.4. The number of esters is 1. The highest BCUT2D eigenvalue weighted by Crippen LogP contribution is 2.29. The van der Waals surface area contributed by atoms with Crippen molar-refractivity contribution in [2.24, 2.45) is 0 Å². The molecular weight excluding hydrogens is 382 g/mol. The zero-order chi connectivity index (χ0) is 20.7. The van der Waals surface area contributed by atoms with Crippen molar-refractivity contribution in [2.75, 3.05) is 19.0 Å². The molecule has 0 spiro atoms. The first-order chi connectivity index (χ1) is 13.3. The topological polar surface area (TPSA) is 117 Å². The minimum atomic E-state index is -3.07. The maximum Gasteiger partial charge on any atom is 0.387 e. The molecule has 0 saturated heterocycles. The minimum Gasteiger partial charge on any atom is -0.493 e. The lowest BCUT2D eigenvalue weighted by atomic mass is 10.2. The van der Waals surface area contributed by atoms with Crippen LogP contribution in [0.25, 0.3) is 0 Å². The van der Waals surface area contributed by atoms with Crippen molar-refractivity contribution >= 4 is 23.3 Å². The zero-order valence-electron chi connectivity index (χ0n) is 14.4. The number of nitro benzene ring substituents is 1. The van der Waals surface area contributed by atoms with Crippen molar-refractivity contribution in [1.82, 2.24) is 0 Å². The van der Waals surface area contributed by atoms with E-state index in [0.717, 1.165) is 18.2 Å². The minimum absolute atomic E-state index is 0.0521. The Bertz CT molecular complexity index is 890. The van der Waals surface area contributed by atoms with Crippen LogP contribution in [0.3, 0.4) is 0 Å². The van der Waals surface area contributed by atoms with E-state index < -0.39 is 30.0 Å². The van der Waals surface area contributed by atoms with Gasteiger partial charge >= 0.3 is 12.6 Å². The van der Waals surface area contributed by atoms with E-state index in [-0.39, 0.29) is 28.4 Å². The quantitative estimate of drug-likeness (QED) is 0.414. The molecule has 0 fully saturated rings. The van der Waals surface area contributed by atoms with Crippen LogP contribution in [0, 0.1) is 10.1 Å². The van der Waals surface area contributed by atoms with Gasteiger partial charge in [-0.3, -0.25) is 14.9 Å². The average Bonchev–Trinajstić information content (AvgIpc) is 2.66. The van der Waals surface area contributed by atoms with Gasteiger partial charge in [-0.1, -0.05) is 12.1 Å². The Balaban J connectivity index is 2.00. The van der Waals surface area contributed by atoms with E-state index in [1.54, 1.807) is 0 Å². The number of ether oxygens (including phenoxy) is 3. The second-order valence-electron chi connectivity index (χ2n) is 5.14. The number of nitrogens with zero attached hydrogens (tertiary/aromatic N) is 1. The maximum absolute atomic E-state index is 12.3. The van der Waals surface area contributed by atoms with E-state index in [4.69, 9.17) is 9.47 Å². The Labute approximate surface area is 157 Å². The summed E-state index contributed by atoms with van der Waals surface area (Å²) in [5.74, 6) is -2.13. The van der Waals surface area contributed by atoms with Crippen LogP contribution >= 0.6 is 0 Å². The molecule has 0 radical (unpaired) electrons. The smallest absolute Gasteiger partial charge is 0.387 e. The summed E-state index contributed by atoms with van der Waals surface area (Å²) >= 11 is 0. The van der Waals surface area contributed by atoms with Crippen LogP contribution in [0.4, 0.5) is 20.2 Å². The van der Waals surface area contributed by atoms with Crippen molar-refractivity contribution in [1.29, 1.82) is 0 Å². The molecule has 0 heterocycles. The van der Waals surface area contributed by atoms with E-state index in [9.17, 15) is 28.5 Å². The SMILES string of the molecule is COc1cc(C(=O)OCC(=O)Nc2ccccc2[N+](=O)[O-])ccc1OC(F)F. The van der Waals surface area contributed by atoms with E-state index >= 15 is 0 Å². The van der Waals surface area contributed by atoms with Gasteiger partial charge in [0, 0.05) is 6.07 Å². The lowest BCUT2D eigenvalue weighted by Crippen LogP contribution is -2.21. The Morgan fingerprint density at radius 3 is 2.54 bits per heavy atom. The summed E-state index contributed by atoms with van der Waals surface area (Å²) in [5, 5.41) is 13.2. The fraction of sp³-hybridized carbons (Fsp3) is 0.176. The molecule has 0 unspecified atom stereocenters. The summed E-state index contributed by atoms with van der Waals surface area (Å²) in [6.45, 7) is -3.79. The first kappa shape index (κ1) is 20.6. The number of benzene rings is 2. The third-order valence-corrected chi connectivity index (χ3v) is 3.32. The highest BCUT2D eigenvalue weighted by molar-refractivity contribution is 5.97. The van der Waals surface area contributed by atoms with Crippen LogP contribution in [0.1, 0.15) is 10.4 Å². The van der Waals surface area contributed by atoms with E-state index in [2.05, 4.69) is 10.1 Å². The molecule has 9 nitrogen and oxygen atoms in total. The predicted octanol–water partition coefficient (Wildman–Crippen LogP) is 3.00. The standard InChI is InChI=1S/C17H14F2N2O7/c1-26-14-8-10(6-7-13(14)28-17(18)19)16(23)27-9-15(22)20-11-4-2-3-5-12(11)21(24)25/h2-8,17H,9H2,1H3,(H,20,22). The molecule has 0 saturated carbocycles. The molecule has 0 bridgehead atoms. The van der Waals surface area contributed by atoms with Crippen LogP contribution in [0.5, 0.6) is 11.5 Å². The van der Waals surface area contributed by atoms with Gasteiger partial charge < -0.3 is 19.5 Å². The van der Waals surface area contributed by atoms with Crippen LogP contribution < -0.4 is 14.8 Å².